The Kier molecular flexibility index (Phi) is 7.97. The molecule has 2 amide bonds. The molecule has 1 aliphatic rings. The first kappa shape index (κ1) is 26.9. The Balaban J connectivity index is 1.48. The second kappa shape index (κ2) is 11.6. The van der Waals surface area contributed by atoms with Crippen LogP contribution in [0, 0.1) is 0 Å². The van der Waals surface area contributed by atoms with Crippen LogP contribution in [-0.2, 0) is 13.0 Å². The van der Waals surface area contributed by atoms with Gasteiger partial charge in [0, 0.05) is 39.9 Å². The maximum absolute atomic E-state index is 12.9. The highest BCUT2D eigenvalue weighted by Crippen LogP contribution is 2.34. The molecule has 0 saturated heterocycles. The molecule has 0 saturated carbocycles. The van der Waals surface area contributed by atoms with Gasteiger partial charge < -0.3 is 9.67 Å². The van der Waals surface area contributed by atoms with Gasteiger partial charge in [0.25, 0.3) is 11.8 Å². The molecule has 4 aromatic rings. The summed E-state index contributed by atoms with van der Waals surface area (Å²) in [6.07, 6.45) is 4.42. The van der Waals surface area contributed by atoms with Gasteiger partial charge in [-0.25, -0.2) is 4.98 Å². The minimum Gasteiger partial charge on any atom is -0.395 e. The summed E-state index contributed by atoms with van der Waals surface area (Å²) in [5.41, 5.74) is 6.18. The van der Waals surface area contributed by atoms with E-state index in [1.165, 1.54) is 0 Å². The molecule has 0 fully saturated rings. The number of aliphatic hydroxyl groups excluding tert-OH is 1. The second-order valence-corrected chi connectivity index (χ2v) is 10.1. The van der Waals surface area contributed by atoms with Gasteiger partial charge in [0.05, 0.1) is 25.1 Å². The quantitative estimate of drug-likeness (QED) is 0.145. The van der Waals surface area contributed by atoms with Crippen molar-refractivity contribution in [3.8, 4) is 0 Å². The van der Waals surface area contributed by atoms with Gasteiger partial charge in [0.2, 0.25) is 0 Å². The van der Waals surface area contributed by atoms with Gasteiger partial charge in [0.15, 0.2) is 5.15 Å². The average molecular weight is 564 g/mol. The first-order valence-corrected chi connectivity index (χ1v) is 13.5. The number of imide groups is 1. The lowest BCUT2D eigenvalue weighted by molar-refractivity contribution is 0.0580. The number of halogens is 2. The standard InChI is InChI=1S/C29H27Cl2N5O3/c1-2-3-10-25-33-27(31)24(36(25)17-18-6-4-7-19(30)15-18)16-32-34-23-12-11-22-26-20(23)8-5-9-21(26)28(38)35(13-14-37)29(22)39/h4-9,11-12,15-16,34,37H,2-3,10,13-14,17H2,1H3/b32-16+. The van der Waals surface area contributed by atoms with Gasteiger partial charge in [-0.1, -0.05) is 60.8 Å². The number of aryl methyl sites for hydroxylation is 1. The molecule has 0 bridgehead atoms. The number of rotatable bonds is 10. The van der Waals surface area contributed by atoms with E-state index in [-0.39, 0.29) is 13.2 Å². The highest BCUT2D eigenvalue weighted by molar-refractivity contribution is 6.32. The number of β-amino-alcohol motifs (C(OH)–C–C–N with tert-alkyl or cyclic N) is 1. The number of imidazole rings is 1. The summed E-state index contributed by atoms with van der Waals surface area (Å²) in [5.74, 6) is 0.0162. The van der Waals surface area contributed by atoms with Crippen molar-refractivity contribution < 1.29 is 14.7 Å². The van der Waals surface area contributed by atoms with Crippen molar-refractivity contribution >= 4 is 57.7 Å². The van der Waals surface area contributed by atoms with Crippen LogP contribution in [0.5, 0.6) is 0 Å². The van der Waals surface area contributed by atoms with Crippen LogP contribution in [0.4, 0.5) is 5.69 Å². The number of hydrazone groups is 1. The van der Waals surface area contributed by atoms with E-state index in [1.54, 1.807) is 30.5 Å². The summed E-state index contributed by atoms with van der Waals surface area (Å²) < 4.78 is 2.04. The predicted molar refractivity (Wildman–Crippen MR) is 154 cm³/mol. The first-order chi connectivity index (χ1) is 18.9. The Morgan fingerprint density at radius 1 is 1.05 bits per heavy atom. The zero-order chi connectivity index (χ0) is 27.5. The summed E-state index contributed by atoms with van der Waals surface area (Å²) in [7, 11) is 0. The fourth-order valence-corrected chi connectivity index (χ4v) is 5.30. The number of anilines is 1. The molecule has 200 valence electrons. The molecule has 0 radical (unpaired) electrons. The summed E-state index contributed by atoms with van der Waals surface area (Å²) in [5, 5.41) is 16.0. The Morgan fingerprint density at radius 2 is 1.82 bits per heavy atom. The smallest absolute Gasteiger partial charge is 0.261 e. The number of aromatic nitrogens is 2. The van der Waals surface area contributed by atoms with E-state index in [0.29, 0.717) is 50.0 Å². The molecule has 2 heterocycles. The molecule has 39 heavy (non-hydrogen) atoms. The molecule has 8 nitrogen and oxygen atoms in total. The van der Waals surface area contributed by atoms with E-state index < -0.39 is 11.8 Å². The van der Waals surface area contributed by atoms with Crippen molar-refractivity contribution in [2.75, 3.05) is 18.6 Å². The van der Waals surface area contributed by atoms with Crippen LogP contribution in [0.2, 0.25) is 10.2 Å². The van der Waals surface area contributed by atoms with Gasteiger partial charge in [-0.05, 0) is 42.3 Å². The highest BCUT2D eigenvalue weighted by atomic mass is 35.5. The van der Waals surface area contributed by atoms with Crippen molar-refractivity contribution in [1.82, 2.24) is 14.5 Å². The van der Waals surface area contributed by atoms with E-state index in [9.17, 15) is 14.7 Å². The predicted octanol–water partition coefficient (Wildman–Crippen LogP) is 5.77. The van der Waals surface area contributed by atoms with E-state index in [2.05, 4.69) is 22.4 Å². The SMILES string of the molecule is CCCCc1nc(Cl)c(/C=N/Nc2ccc3c4c(cccc24)C(=O)N(CCO)C3=O)n1Cc1cccc(Cl)c1. The summed E-state index contributed by atoms with van der Waals surface area (Å²) in [4.78, 5) is 31.6. The third kappa shape index (κ3) is 5.28. The maximum Gasteiger partial charge on any atom is 0.261 e. The van der Waals surface area contributed by atoms with Crippen LogP contribution in [0.25, 0.3) is 10.8 Å². The molecular formula is C29H27Cl2N5O3. The molecule has 3 aromatic carbocycles. The average Bonchev–Trinajstić information content (AvgIpc) is 3.22. The second-order valence-electron chi connectivity index (χ2n) is 9.27. The number of benzene rings is 3. The number of unbranched alkanes of at least 4 members (excludes halogenated alkanes) is 1. The van der Waals surface area contributed by atoms with E-state index >= 15 is 0 Å². The fraction of sp³-hybridized carbons (Fsp3) is 0.241. The number of carbonyl (C=O) groups is 2. The minimum atomic E-state index is -0.427. The van der Waals surface area contributed by atoms with E-state index in [0.717, 1.165) is 35.6 Å². The topological polar surface area (TPSA) is 99.8 Å². The highest BCUT2D eigenvalue weighted by Gasteiger charge is 2.32. The Hall–Kier alpha value is -3.72. The molecule has 1 aromatic heterocycles. The largest absolute Gasteiger partial charge is 0.395 e. The Labute approximate surface area is 235 Å². The zero-order valence-electron chi connectivity index (χ0n) is 21.3. The molecule has 0 atom stereocenters. The third-order valence-electron chi connectivity index (χ3n) is 6.71. The fourth-order valence-electron chi connectivity index (χ4n) is 4.83. The third-order valence-corrected chi connectivity index (χ3v) is 7.23. The summed E-state index contributed by atoms with van der Waals surface area (Å²) in [6.45, 7) is 2.31. The number of aliphatic hydroxyl groups is 1. The van der Waals surface area contributed by atoms with Gasteiger partial charge in [0.1, 0.15) is 11.5 Å². The normalized spacial score (nSPS) is 13.2. The lowest BCUT2D eigenvalue weighted by atomic mass is 9.93. The summed E-state index contributed by atoms with van der Waals surface area (Å²) in [6, 6.07) is 16.4. The van der Waals surface area contributed by atoms with Crippen LogP contribution < -0.4 is 5.43 Å². The molecule has 1 aliphatic heterocycles. The number of hydrogen-bond donors (Lipinski definition) is 2. The van der Waals surface area contributed by atoms with Crippen LogP contribution in [0.15, 0.2) is 59.7 Å². The van der Waals surface area contributed by atoms with Gasteiger partial charge in [-0.3, -0.25) is 19.9 Å². The molecule has 0 spiro atoms. The van der Waals surface area contributed by atoms with Crippen molar-refractivity contribution in [3.63, 3.8) is 0 Å². The molecule has 10 heteroatoms. The number of amides is 2. The van der Waals surface area contributed by atoms with Crippen molar-refractivity contribution in [3.05, 3.63) is 93.0 Å². The molecule has 2 N–H and O–H groups in total. The van der Waals surface area contributed by atoms with Crippen LogP contribution in [0.3, 0.4) is 0 Å². The molecular weight excluding hydrogens is 537 g/mol. The molecule has 0 aliphatic carbocycles. The van der Waals surface area contributed by atoms with Gasteiger partial charge >= 0.3 is 0 Å². The number of nitrogens with one attached hydrogen (secondary N) is 1. The monoisotopic (exact) mass is 563 g/mol. The minimum absolute atomic E-state index is 0.0539. The van der Waals surface area contributed by atoms with E-state index in [1.807, 2.05) is 34.9 Å². The van der Waals surface area contributed by atoms with Crippen LogP contribution in [0.1, 0.15) is 57.6 Å². The zero-order valence-corrected chi connectivity index (χ0v) is 22.8. The lowest BCUT2D eigenvalue weighted by Crippen LogP contribution is -2.41. The van der Waals surface area contributed by atoms with Crippen molar-refractivity contribution in [2.24, 2.45) is 5.10 Å². The lowest BCUT2D eigenvalue weighted by Gasteiger charge is -2.27. The van der Waals surface area contributed by atoms with Gasteiger partial charge in [-0.15, -0.1) is 0 Å². The maximum atomic E-state index is 12.9. The van der Waals surface area contributed by atoms with E-state index in [4.69, 9.17) is 23.2 Å². The molecule has 5 rings (SSSR count). The van der Waals surface area contributed by atoms with Gasteiger partial charge in [-0.2, -0.15) is 5.10 Å². The summed E-state index contributed by atoms with van der Waals surface area (Å²) >= 11 is 12.8. The Bertz CT molecular complexity index is 1580. The van der Waals surface area contributed by atoms with Crippen LogP contribution >= 0.6 is 23.2 Å². The van der Waals surface area contributed by atoms with Crippen molar-refractivity contribution in [1.29, 1.82) is 0 Å². The number of hydrogen-bond acceptors (Lipinski definition) is 6. The van der Waals surface area contributed by atoms with Crippen LogP contribution in [-0.4, -0.2) is 50.7 Å². The Morgan fingerprint density at radius 3 is 2.56 bits per heavy atom. The molecule has 0 unspecified atom stereocenters. The first-order valence-electron chi connectivity index (χ1n) is 12.7. The number of carbonyl (C=O) groups excluding carboxylic acids is 2. The number of nitrogens with zero attached hydrogens (tertiary/aromatic N) is 4. The van der Waals surface area contributed by atoms with Crippen molar-refractivity contribution in [2.45, 2.75) is 32.7 Å².